The molecule has 0 heterocycles. The number of nitrogens with zero attached hydrogens (tertiary/aromatic N) is 2. The summed E-state index contributed by atoms with van der Waals surface area (Å²) in [4.78, 5) is 33.5. The van der Waals surface area contributed by atoms with E-state index in [9.17, 15) is 9.59 Å². The molecule has 0 aliphatic carbocycles. The maximum absolute atomic E-state index is 12.1. The van der Waals surface area contributed by atoms with Crippen LogP contribution < -0.4 is 18.9 Å². The number of ether oxygens (including phenoxy) is 6. The molecule has 436 valence electrons. The lowest BCUT2D eigenvalue weighted by Crippen LogP contribution is -2.15. The van der Waals surface area contributed by atoms with E-state index >= 15 is 0 Å². The average molecular weight is 1090 g/mol. The number of esters is 2. The summed E-state index contributed by atoms with van der Waals surface area (Å²) in [6.45, 7) is 8.19. The van der Waals surface area contributed by atoms with Gasteiger partial charge in [0.05, 0.1) is 51.0 Å². The highest BCUT2D eigenvalue weighted by Crippen LogP contribution is 2.22. The van der Waals surface area contributed by atoms with E-state index in [1.54, 1.807) is 0 Å². The highest BCUT2D eigenvalue weighted by Gasteiger charge is 2.12. The molecule has 0 aliphatic rings. The molecule has 79 heavy (non-hydrogen) atoms. The van der Waals surface area contributed by atoms with Crippen molar-refractivity contribution in [3.8, 4) is 23.0 Å². The fourth-order valence-electron chi connectivity index (χ4n) is 9.21. The molecule has 0 aliphatic heterocycles. The van der Waals surface area contributed by atoms with Gasteiger partial charge in [0.1, 0.15) is 29.4 Å². The first-order valence-corrected chi connectivity index (χ1v) is 31.3. The molecule has 10 heteroatoms. The lowest BCUT2D eigenvalue weighted by molar-refractivity contribution is -0.154. The van der Waals surface area contributed by atoms with E-state index in [1.807, 2.05) is 109 Å². The molecule has 0 saturated carbocycles. The van der Waals surface area contributed by atoms with Crippen molar-refractivity contribution in [2.24, 2.45) is 9.98 Å². The largest absolute Gasteiger partial charge is 0.494 e. The summed E-state index contributed by atoms with van der Waals surface area (Å²) >= 11 is 0. The van der Waals surface area contributed by atoms with Crippen LogP contribution in [0.3, 0.4) is 0 Å². The molecular weight excluding hydrogens is 985 g/mol. The van der Waals surface area contributed by atoms with Crippen LogP contribution in [-0.2, 0) is 19.1 Å². The number of carbonyl (C=O) groups is 2. The molecule has 4 rings (SSSR count). The highest BCUT2D eigenvalue weighted by atomic mass is 16.6. The Morgan fingerprint density at radius 3 is 0.797 bits per heavy atom. The standard InChI is InChI=1S/C69H102N2O8/c1-3-5-7-9-11-17-23-31-53-76-66-47-39-62(40-48-66)70-58-60-35-43-64(44-36-60)74-51-29-25-19-13-15-21-27-33-55-78-68(72)57-69(73)79-56-34-28-22-16-14-20-26-30-52-75-65-45-37-61(38-46-65)59-71-63-41-49-67(50-42-63)77-54-32-24-18-12-10-8-6-4-2/h35-50,58-59H,3-34,51-57H2,1-2H3. The number of unbranched alkanes of at least 4 members (excludes halogenated alkanes) is 28. The van der Waals surface area contributed by atoms with Gasteiger partial charge in [-0.15, -0.1) is 0 Å². The monoisotopic (exact) mass is 1090 g/mol. The van der Waals surface area contributed by atoms with E-state index in [0.29, 0.717) is 26.4 Å². The molecule has 0 amide bonds. The normalized spacial score (nSPS) is 11.4. The fourth-order valence-corrected chi connectivity index (χ4v) is 9.21. The van der Waals surface area contributed by atoms with Crippen LogP contribution in [-0.4, -0.2) is 64.0 Å². The third-order valence-corrected chi connectivity index (χ3v) is 14.1. The van der Waals surface area contributed by atoms with Crippen LogP contribution in [0.25, 0.3) is 0 Å². The van der Waals surface area contributed by atoms with E-state index in [2.05, 4.69) is 23.8 Å². The summed E-state index contributed by atoms with van der Waals surface area (Å²) in [6, 6.07) is 32.2. The van der Waals surface area contributed by atoms with Gasteiger partial charge >= 0.3 is 11.9 Å². The van der Waals surface area contributed by atoms with E-state index in [-0.39, 0.29) is 6.42 Å². The van der Waals surface area contributed by atoms with Crippen molar-refractivity contribution in [2.45, 2.75) is 226 Å². The van der Waals surface area contributed by atoms with Gasteiger partial charge in [-0.25, -0.2) is 0 Å². The maximum Gasteiger partial charge on any atom is 0.317 e. The topological polar surface area (TPSA) is 114 Å². The van der Waals surface area contributed by atoms with Crippen molar-refractivity contribution in [2.75, 3.05) is 39.6 Å². The number of benzene rings is 4. The zero-order chi connectivity index (χ0) is 55.7. The van der Waals surface area contributed by atoms with Crippen LogP contribution in [0.15, 0.2) is 107 Å². The van der Waals surface area contributed by atoms with E-state index in [0.717, 1.165) is 136 Å². The van der Waals surface area contributed by atoms with Crippen molar-refractivity contribution >= 4 is 35.7 Å². The first-order chi connectivity index (χ1) is 39.0. The first kappa shape index (κ1) is 65.9. The zero-order valence-corrected chi connectivity index (χ0v) is 49.1. The van der Waals surface area contributed by atoms with Gasteiger partial charge in [0.2, 0.25) is 0 Å². The summed E-state index contributed by atoms with van der Waals surface area (Å²) in [6.07, 6.45) is 41.5. The van der Waals surface area contributed by atoms with Gasteiger partial charge in [-0.05, 0) is 147 Å². The van der Waals surface area contributed by atoms with Gasteiger partial charge in [0, 0.05) is 12.4 Å². The molecule has 0 fully saturated rings. The lowest BCUT2D eigenvalue weighted by Gasteiger charge is -2.07. The summed E-state index contributed by atoms with van der Waals surface area (Å²) < 4.78 is 34.4. The average Bonchev–Trinajstić information content (AvgIpc) is 3.47. The van der Waals surface area contributed by atoms with Gasteiger partial charge in [-0.1, -0.05) is 181 Å². The Bertz CT molecular complexity index is 1990. The molecule has 10 nitrogen and oxygen atoms in total. The fraction of sp³-hybridized carbons (Fsp3) is 0.594. The van der Waals surface area contributed by atoms with E-state index < -0.39 is 11.9 Å². The molecule has 0 radical (unpaired) electrons. The quantitative estimate of drug-likeness (QED) is 0.0186. The molecule has 0 unspecified atom stereocenters. The van der Waals surface area contributed by atoms with Crippen LogP contribution >= 0.6 is 0 Å². The van der Waals surface area contributed by atoms with E-state index in [1.165, 1.54) is 128 Å². The third kappa shape index (κ3) is 35.6. The Kier molecular flexibility index (Phi) is 38.5. The molecule has 0 N–H and O–H groups in total. The van der Waals surface area contributed by atoms with Crippen LogP contribution in [0.1, 0.15) is 237 Å². The molecule has 4 aromatic rings. The second-order valence-electron chi connectivity index (χ2n) is 21.3. The molecule has 0 spiro atoms. The van der Waals surface area contributed by atoms with Crippen molar-refractivity contribution in [1.82, 2.24) is 0 Å². The molecule has 0 bridgehead atoms. The van der Waals surface area contributed by atoms with Gasteiger partial charge in [0.15, 0.2) is 0 Å². The molecule has 0 saturated heterocycles. The minimum atomic E-state index is -0.499. The van der Waals surface area contributed by atoms with Crippen molar-refractivity contribution in [3.63, 3.8) is 0 Å². The number of carbonyl (C=O) groups excluding carboxylic acids is 2. The number of aliphatic imine (C=N–C) groups is 2. The lowest BCUT2D eigenvalue weighted by atomic mass is 10.1. The van der Waals surface area contributed by atoms with Gasteiger partial charge < -0.3 is 28.4 Å². The van der Waals surface area contributed by atoms with Crippen LogP contribution in [0, 0.1) is 0 Å². The van der Waals surface area contributed by atoms with Crippen molar-refractivity contribution in [1.29, 1.82) is 0 Å². The number of hydrogen-bond acceptors (Lipinski definition) is 10. The van der Waals surface area contributed by atoms with Gasteiger partial charge in [-0.3, -0.25) is 19.6 Å². The summed E-state index contributed by atoms with van der Waals surface area (Å²) in [7, 11) is 0. The first-order valence-electron chi connectivity index (χ1n) is 31.3. The maximum atomic E-state index is 12.1. The van der Waals surface area contributed by atoms with Crippen molar-refractivity contribution < 1.29 is 38.0 Å². The summed E-state index contributed by atoms with van der Waals surface area (Å²) in [5, 5.41) is 0. The Morgan fingerprint density at radius 1 is 0.304 bits per heavy atom. The molecular formula is C69H102N2O8. The minimum Gasteiger partial charge on any atom is -0.494 e. The predicted molar refractivity (Wildman–Crippen MR) is 328 cm³/mol. The third-order valence-electron chi connectivity index (χ3n) is 14.1. The Labute approximate surface area is 478 Å². The van der Waals surface area contributed by atoms with Crippen LogP contribution in [0.4, 0.5) is 11.4 Å². The zero-order valence-electron chi connectivity index (χ0n) is 49.1. The van der Waals surface area contributed by atoms with Crippen molar-refractivity contribution in [3.05, 3.63) is 108 Å². The van der Waals surface area contributed by atoms with Gasteiger partial charge in [0.25, 0.3) is 0 Å². The Morgan fingerprint density at radius 2 is 0.532 bits per heavy atom. The molecule has 4 aromatic carbocycles. The Hall–Kier alpha value is -5.64. The molecule has 0 atom stereocenters. The van der Waals surface area contributed by atoms with E-state index in [4.69, 9.17) is 28.4 Å². The SMILES string of the molecule is CCCCCCCCCCOc1ccc(N=Cc2ccc(OCCCCCCCCCCOC(=O)CC(=O)OCCCCCCCCCCOc3ccc(C=Nc4ccc(OCCCCCCCCCC)cc4)cc3)cc2)cc1. The summed E-state index contributed by atoms with van der Waals surface area (Å²) in [5.74, 6) is 2.56. The highest BCUT2D eigenvalue weighted by molar-refractivity contribution is 5.91. The van der Waals surface area contributed by atoms with Gasteiger partial charge in [-0.2, -0.15) is 0 Å². The summed E-state index contributed by atoms with van der Waals surface area (Å²) in [5.41, 5.74) is 3.87. The smallest absolute Gasteiger partial charge is 0.317 e. The predicted octanol–water partition coefficient (Wildman–Crippen LogP) is 19.4. The number of rotatable bonds is 50. The second-order valence-corrected chi connectivity index (χ2v) is 21.3. The number of hydrogen-bond donors (Lipinski definition) is 0. The second kappa shape index (κ2) is 46.1. The van der Waals surface area contributed by atoms with Crippen LogP contribution in [0.5, 0.6) is 23.0 Å². The minimum absolute atomic E-state index is 0.314. The van der Waals surface area contributed by atoms with Crippen LogP contribution in [0.2, 0.25) is 0 Å². The Balaban J connectivity index is 0.854. The molecule has 0 aromatic heterocycles.